The maximum atomic E-state index is 14.7. The van der Waals surface area contributed by atoms with Crippen molar-refractivity contribution in [3.05, 3.63) is 310 Å². The van der Waals surface area contributed by atoms with Crippen LogP contribution in [-0.2, 0) is 10.8 Å². The van der Waals surface area contributed by atoms with E-state index in [9.17, 15) is 4.79 Å². The molecule has 10 aromatic carbocycles. The van der Waals surface area contributed by atoms with E-state index in [-0.39, 0.29) is 11.7 Å². The van der Waals surface area contributed by atoms with E-state index in [1.54, 1.807) is 0 Å². The summed E-state index contributed by atoms with van der Waals surface area (Å²) in [5, 5.41) is 0. The van der Waals surface area contributed by atoms with Crippen molar-refractivity contribution in [2.24, 2.45) is 0 Å². The van der Waals surface area contributed by atoms with E-state index < -0.39 is 10.8 Å². The first-order valence-electron chi connectivity index (χ1n) is 24.0. The number of hydrogen-bond donors (Lipinski definition) is 0. The number of carbonyl (C=O) groups excluding carboxylic acids is 1. The van der Waals surface area contributed by atoms with Crippen molar-refractivity contribution in [3.63, 3.8) is 0 Å². The molecular weight excluding hydrogens is 837 g/mol. The van der Waals surface area contributed by atoms with Gasteiger partial charge in [-0.25, -0.2) is 0 Å². The quantitative estimate of drug-likeness (QED) is 0.149. The van der Waals surface area contributed by atoms with Gasteiger partial charge in [0.25, 0.3) is 0 Å². The summed E-state index contributed by atoms with van der Waals surface area (Å²) in [5.74, 6) is 0.0672. The number of fused-ring (bicyclic) bond motifs is 11. The number of nitrogens with zero attached hydrogens (tertiary/aromatic N) is 2. The average molecular weight is 885 g/mol. The van der Waals surface area contributed by atoms with Crippen LogP contribution in [0, 0.1) is 0 Å². The van der Waals surface area contributed by atoms with Crippen LogP contribution in [0.15, 0.2) is 249 Å². The lowest BCUT2D eigenvalue weighted by Gasteiger charge is -2.46. The van der Waals surface area contributed by atoms with Crippen LogP contribution in [0.4, 0.5) is 34.1 Å². The third kappa shape index (κ3) is 6.10. The van der Waals surface area contributed by atoms with Crippen LogP contribution in [-0.4, -0.2) is 5.78 Å². The fourth-order valence-corrected chi connectivity index (χ4v) is 12.1. The van der Waals surface area contributed by atoms with Gasteiger partial charge in [0.2, 0.25) is 0 Å². The summed E-state index contributed by atoms with van der Waals surface area (Å²) in [4.78, 5) is 19.6. The SMILES string of the molecule is CC1(C)c2ccccc2C(=O)c2cc3c(cc21)C1(c2ccccc2-3)c2ccc(C(c3ccccc3)c3ccccc3)cc2N(c2ccccc2)c2cc(N(c3ccccc3)c3ccccc3)ccc21. The maximum absolute atomic E-state index is 14.7. The molecule has 3 heteroatoms. The number of rotatable bonds is 7. The first kappa shape index (κ1) is 40.7. The number of para-hydroxylation sites is 3. The molecule has 10 aromatic rings. The van der Waals surface area contributed by atoms with E-state index in [1.165, 1.54) is 38.9 Å². The van der Waals surface area contributed by atoms with Crippen LogP contribution in [0.1, 0.15) is 85.8 Å². The van der Waals surface area contributed by atoms with Crippen molar-refractivity contribution < 1.29 is 4.79 Å². The average Bonchev–Trinajstić information content (AvgIpc) is 3.69. The van der Waals surface area contributed by atoms with Crippen molar-refractivity contribution >= 4 is 39.9 Å². The minimum atomic E-state index is -0.761. The lowest BCUT2D eigenvalue weighted by atomic mass is 9.62. The molecule has 0 bridgehead atoms. The Morgan fingerprint density at radius 2 is 0.870 bits per heavy atom. The van der Waals surface area contributed by atoms with Gasteiger partial charge in [-0.2, -0.15) is 0 Å². The second kappa shape index (κ2) is 15.8. The van der Waals surface area contributed by atoms with Crippen LogP contribution in [0.3, 0.4) is 0 Å². The van der Waals surface area contributed by atoms with E-state index in [1.807, 2.05) is 12.1 Å². The van der Waals surface area contributed by atoms with Gasteiger partial charge in [0.1, 0.15) is 0 Å². The Morgan fingerprint density at radius 3 is 1.49 bits per heavy atom. The molecule has 1 unspecified atom stereocenters. The van der Waals surface area contributed by atoms with Gasteiger partial charge in [-0.1, -0.05) is 202 Å². The fourth-order valence-electron chi connectivity index (χ4n) is 12.1. The first-order chi connectivity index (χ1) is 33.9. The van der Waals surface area contributed by atoms with Gasteiger partial charge in [0.15, 0.2) is 5.78 Å². The molecular formula is C66H48N2O. The Balaban J connectivity index is 1.16. The molecule has 13 rings (SSSR count). The summed E-state index contributed by atoms with van der Waals surface area (Å²) < 4.78 is 0. The molecule has 2 aliphatic carbocycles. The number of carbonyl (C=O) groups is 1. The standard InChI is InChI=1S/C66H48N2O/c1-65(2)55-34-20-19-33-52(55)64(69)54-42-53-51-32-18-21-35-56(51)66(60(53)43-59(54)65)57-38-36-46(63(44-22-8-3-9-23-44)45-24-10-4-11-25-45)40-61(57)68(49-30-16-7-17-31-49)62-41-50(37-39-58(62)66)67(47-26-12-5-13-27-47)48-28-14-6-15-29-48/h3-43,63H,1-2H3. The Morgan fingerprint density at radius 1 is 0.362 bits per heavy atom. The molecule has 3 aliphatic rings. The lowest BCUT2D eigenvalue weighted by Crippen LogP contribution is -2.37. The molecule has 1 aliphatic heterocycles. The van der Waals surface area contributed by atoms with E-state index in [0.29, 0.717) is 0 Å². The highest BCUT2D eigenvalue weighted by atomic mass is 16.1. The van der Waals surface area contributed by atoms with Gasteiger partial charge in [0.05, 0.1) is 16.8 Å². The highest BCUT2D eigenvalue weighted by Crippen LogP contribution is 2.65. The molecule has 0 N–H and O–H groups in total. The van der Waals surface area contributed by atoms with Gasteiger partial charge < -0.3 is 9.80 Å². The van der Waals surface area contributed by atoms with Crippen LogP contribution >= 0.6 is 0 Å². The van der Waals surface area contributed by atoms with Gasteiger partial charge >= 0.3 is 0 Å². The zero-order chi connectivity index (χ0) is 46.3. The molecule has 3 nitrogen and oxygen atoms in total. The molecule has 1 atom stereocenters. The zero-order valence-corrected chi connectivity index (χ0v) is 38.6. The summed E-state index contributed by atoms with van der Waals surface area (Å²) in [6, 6.07) is 90.2. The molecule has 69 heavy (non-hydrogen) atoms. The van der Waals surface area contributed by atoms with Gasteiger partial charge in [0, 0.05) is 45.2 Å². The summed E-state index contributed by atoms with van der Waals surface area (Å²) in [7, 11) is 0. The maximum Gasteiger partial charge on any atom is 0.193 e. The molecule has 0 amide bonds. The molecule has 0 radical (unpaired) electrons. The Bertz CT molecular complexity index is 3390. The fraction of sp³-hybridized carbons (Fsp3) is 0.0758. The van der Waals surface area contributed by atoms with Crippen molar-refractivity contribution in [2.45, 2.75) is 30.6 Å². The van der Waals surface area contributed by atoms with Gasteiger partial charge in [-0.05, 0) is 122 Å². The molecule has 328 valence electrons. The number of benzene rings is 10. The minimum absolute atomic E-state index is 0.0206. The monoisotopic (exact) mass is 884 g/mol. The van der Waals surface area contributed by atoms with Crippen molar-refractivity contribution in [3.8, 4) is 11.1 Å². The van der Waals surface area contributed by atoms with E-state index in [0.717, 1.165) is 67.5 Å². The summed E-state index contributed by atoms with van der Waals surface area (Å²) in [6.45, 7) is 4.57. The molecule has 0 fully saturated rings. The Labute approximate surface area is 404 Å². The van der Waals surface area contributed by atoms with Crippen LogP contribution in [0.2, 0.25) is 0 Å². The number of hydrogen-bond acceptors (Lipinski definition) is 3. The predicted octanol–water partition coefficient (Wildman–Crippen LogP) is 16.4. The zero-order valence-electron chi connectivity index (χ0n) is 38.6. The summed E-state index contributed by atoms with van der Waals surface area (Å²) in [5.41, 5.74) is 19.7. The topological polar surface area (TPSA) is 23.6 Å². The van der Waals surface area contributed by atoms with Crippen molar-refractivity contribution in [1.29, 1.82) is 0 Å². The van der Waals surface area contributed by atoms with Crippen LogP contribution < -0.4 is 9.80 Å². The second-order valence-corrected chi connectivity index (χ2v) is 19.1. The van der Waals surface area contributed by atoms with Crippen LogP contribution in [0.5, 0.6) is 0 Å². The molecule has 1 spiro atoms. The van der Waals surface area contributed by atoms with Crippen LogP contribution in [0.25, 0.3) is 11.1 Å². The van der Waals surface area contributed by atoms with Crippen molar-refractivity contribution in [2.75, 3.05) is 9.80 Å². The van der Waals surface area contributed by atoms with E-state index in [2.05, 4.69) is 260 Å². The lowest BCUT2D eigenvalue weighted by molar-refractivity contribution is 0.103. The third-order valence-corrected chi connectivity index (χ3v) is 15.1. The highest BCUT2D eigenvalue weighted by molar-refractivity contribution is 6.14. The molecule has 0 saturated carbocycles. The predicted molar refractivity (Wildman–Crippen MR) is 283 cm³/mol. The minimum Gasteiger partial charge on any atom is -0.310 e. The van der Waals surface area contributed by atoms with E-state index >= 15 is 0 Å². The van der Waals surface area contributed by atoms with Gasteiger partial charge in [-0.15, -0.1) is 0 Å². The molecule has 0 saturated heterocycles. The normalized spacial score (nSPS) is 15.7. The second-order valence-electron chi connectivity index (χ2n) is 19.1. The molecule has 0 aromatic heterocycles. The largest absolute Gasteiger partial charge is 0.310 e. The Kier molecular flexibility index (Phi) is 9.32. The highest BCUT2D eigenvalue weighted by Gasteiger charge is 2.53. The summed E-state index contributed by atoms with van der Waals surface area (Å²) in [6.07, 6.45) is 0. The number of ketones is 1. The van der Waals surface area contributed by atoms with Crippen molar-refractivity contribution in [1.82, 2.24) is 0 Å². The third-order valence-electron chi connectivity index (χ3n) is 15.1. The smallest absolute Gasteiger partial charge is 0.193 e. The van der Waals surface area contributed by atoms with Gasteiger partial charge in [-0.3, -0.25) is 4.79 Å². The summed E-state index contributed by atoms with van der Waals surface area (Å²) >= 11 is 0. The molecule has 1 heterocycles. The number of anilines is 6. The Hall–Kier alpha value is -8.53. The first-order valence-corrected chi connectivity index (χ1v) is 24.0. The van der Waals surface area contributed by atoms with E-state index in [4.69, 9.17) is 0 Å².